The first-order valence-electron chi connectivity index (χ1n) is 7.21. The van der Waals surface area contributed by atoms with Gasteiger partial charge in [0.1, 0.15) is 0 Å². The van der Waals surface area contributed by atoms with E-state index in [0.29, 0.717) is 12.5 Å². The van der Waals surface area contributed by atoms with Crippen molar-refractivity contribution in [2.45, 2.75) is 51.4 Å². The molecule has 2 aliphatic rings. The van der Waals surface area contributed by atoms with Crippen LogP contribution in [0.15, 0.2) is 0 Å². The molecule has 1 unspecified atom stereocenters. The van der Waals surface area contributed by atoms with Gasteiger partial charge in [0.05, 0.1) is 12.5 Å². The number of carbonyl (C=O) groups is 1. The van der Waals surface area contributed by atoms with Crippen molar-refractivity contribution in [1.29, 1.82) is 0 Å². The molecular formula is C14H25NO2. The molecule has 0 bridgehead atoms. The van der Waals surface area contributed by atoms with Crippen molar-refractivity contribution in [2.75, 3.05) is 19.8 Å². The summed E-state index contributed by atoms with van der Waals surface area (Å²) in [6, 6.07) is 0. The number of rotatable bonds is 3. The van der Waals surface area contributed by atoms with E-state index in [1.54, 1.807) is 0 Å². The van der Waals surface area contributed by atoms with Crippen LogP contribution in [0.3, 0.4) is 0 Å². The van der Waals surface area contributed by atoms with Crippen molar-refractivity contribution in [3.8, 4) is 0 Å². The lowest BCUT2D eigenvalue weighted by atomic mass is 9.91. The molecule has 3 nitrogen and oxygen atoms in total. The zero-order valence-electron chi connectivity index (χ0n) is 10.7. The highest BCUT2D eigenvalue weighted by Gasteiger charge is 2.23. The molecule has 1 aliphatic heterocycles. The Bertz CT molecular complexity index is 228. The fraction of sp³-hybridized carbons (Fsp3) is 0.929. The lowest BCUT2D eigenvalue weighted by Gasteiger charge is -2.20. The van der Waals surface area contributed by atoms with Crippen LogP contribution in [0, 0.1) is 11.8 Å². The van der Waals surface area contributed by atoms with Gasteiger partial charge in [0.25, 0.3) is 0 Å². The summed E-state index contributed by atoms with van der Waals surface area (Å²) in [6.07, 6.45) is 10.3. The Morgan fingerprint density at radius 1 is 1.06 bits per heavy atom. The second kappa shape index (κ2) is 7.00. The Morgan fingerprint density at radius 3 is 2.41 bits per heavy atom. The van der Waals surface area contributed by atoms with Crippen LogP contribution < -0.4 is 5.32 Å². The topological polar surface area (TPSA) is 38.3 Å². The Labute approximate surface area is 104 Å². The van der Waals surface area contributed by atoms with E-state index in [1.807, 2.05) is 0 Å². The molecule has 1 heterocycles. The first-order chi connectivity index (χ1) is 8.36. The SMILES string of the molecule is O=C(NCC1CCCCCCC1)C1CCOC1. The Kier molecular flexibility index (Phi) is 5.30. The van der Waals surface area contributed by atoms with Crippen molar-refractivity contribution in [3.05, 3.63) is 0 Å². The van der Waals surface area contributed by atoms with Crippen molar-refractivity contribution in [2.24, 2.45) is 11.8 Å². The second-order valence-electron chi connectivity index (χ2n) is 5.52. The standard InChI is InChI=1S/C14H25NO2/c16-14(13-8-9-17-11-13)15-10-12-6-4-2-1-3-5-7-12/h12-13H,1-11H2,(H,15,16). The third-order valence-electron chi connectivity index (χ3n) is 4.09. The molecule has 98 valence electrons. The average Bonchev–Trinajstić information content (AvgIpc) is 2.80. The fourth-order valence-corrected chi connectivity index (χ4v) is 2.88. The van der Waals surface area contributed by atoms with Crippen LogP contribution in [-0.2, 0) is 9.53 Å². The molecule has 0 aromatic carbocycles. The van der Waals surface area contributed by atoms with Crippen molar-refractivity contribution < 1.29 is 9.53 Å². The molecule has 1 atom stereocenters. The summed E-state index contributed by atoms with van der Waals surface area (Å²) < 4.78 is 5.25. The number of ether oxygens (including phenoxy) is 1. The molecule has 0 aromatic rings. The van der Waals surface area contributed by atoms with Crippen LogP contribution >= 0.6 is 0 Å². The minimum Gasteiger partial charge on any atom is -0.381 e. The van der Waals surface area contributed by atoms with Gasteiger partial charge >= 0.3 is 0 Å². The number of hydrogen-bond donors (Lipinski definition) is 1. The monoisotopic (exact) mass is 239 g/mol. The number of hydrogen-bond acceptors (Lipinski definition) is 2. The lowest BCUT2D eigenvalue weighted by Crippen LogP contribution is -2.34. The summed E-state index contributed by atoms with van der Waals surface area (Å²) in [5.74, 6) is 1.04. The van der Waals surface area contributed by atoms with E-state index in [1.165, 1.54) is 44.9 Å². The third kappa shape index (κ3) is 4.30. The van der Waals surface area contributed by atoms with Crippen LogP contribution in [0.25, 0.3) is 0 Å². The van der Waals surface area contributed by atoms with E-state index >= 15 is 0 Å². The van der Waals surface area contributed by atoms with E-state index in [0.717, 1.165) is 19.6 Å². The molecule has 1 saturated carbocycles. The van der Waals surface area contributed by atoms with Crippen LogP contribution in [0.4, 0.5) is 0 Å². The number of amides is 1. The quantitative estimate of drug-likeness (QED) is 0.821. The molecule has 17 heavy (non-hydrogen) atoms. The van der Waals surface area contributed by atoms with Gasteiger partial charge < -0.3 is 10.1 Å². The molecule has 1 aliphatic carbocycles. The van der Waals surface area contributed by atoms with Gasteiger partial charge in [-0.3, -0.25) is 4.79 Å². The van der Waals surface area contributed by atoms with Gasteiger partial charge in [0.15, 0.2) is 0 Å². The van der Waals surface area contributed by atoms with Gasteiger partial charge in [-0.15, -0.1) is 0 Å². The molecule has 3 heteroatoms. The highest BCUT2D eigenvalue weighted by atomic mass is 16.5. The smallest absolute Gasteiger partial charge is 0.225 e. The van der Waals surface area contributed by atoms with Gasteiger partial charge in [-0.1, -0.05) is 32.1 Å². The van der Waals surface area contributed by atoms with Crippen LogP contribution in [0.1, 0.15) is 51.4 Å². The van der Waals surface area contributed by atoms with Gasteiger partial charge in [0.2, 0.25) is 5.91 Å². The zero-order chi connectivity index (χ0) is 11.9. The van der Waals surface area contributed by atoms with Gasteiger partial charge in [-0.2, -0.15) is 0 Å². The zero-order valence-corrected chi connectivity index (χ0v) is 10.7. The normalized spacial score (nSPS) is 27.4. The number of nitrogens with one attached hydrogen (secondary N) is 1. The number of carbonyl (C=O) groups excluding carboxylic acids is 1. The van der Waals surface area contributed by atoms with Crippen molar-refractivity contribution >= 4 is 5.91 Å². The summed E-state index contributed by atoms with van der Waals surface area (Å²) in [7, 11) is 0. The minimum absolute atomic E-state index is 0.114. The van der Waals surface area contributed by atoms with Gasteiger partial charge in [-0.25, -0.2) is 0 Å². The van der Waals surface area contributed by atoms with Crippen molar-refractivity contribution in [1.82, 2.24) is 5.32 Å². The fourth-order valence-electron chi connectivity index (χ4n) is 2.88. The summed E-state index contributed by atoms with van der Waals surface area (Å²) in [5, 5.41) is 3.12. The molecule has 0 radical (unpaired) electrons. The largest absolute Gasteiger partial charge is 0.381 e. The molecule has 0 spiro atoms. The first-order valence-corrected chi connectivity index (χ1v) is 7.21. The maximum absolute atomic E-state index is 11.9. The Morgan fingerprint density at radius 2 is 1.76 bits per heavy atom. The predicted molar refractivity (Wildman–Crippen MR) is 67.7 cm³/mol. The van der Waals surface area contributed by atoms with Crippen molar-refractivity contribution in [3.63, 3.8) is 0 Å². The first kappa shape index (κ1) is 12.9. The Balaban J connectivity index is 1.66. The van der Waals surface area contributed by atoms with Crippen LogP contribution in [-0.4, -0.2) is 25.7 Å². The summed E-state index contributed by atoms with van der Waals surface area (Å²) >= 11 is 0. The van der Waals surface area contributed by atoms with E-state index < -0.39 is 0 Å². The van der Waals surface area contributed by atoms with Crippen LogP contribution in [0.5, 0.6) is 0 Å². The molecule has 1 saturated heterocycles. The molecule has 0 aromatic heterocycles. The highest BCUT2D eigenvalue weighted by molar-refractivity contribution is 5.78. The molecule has 2 fully saturated rings. The second-order valence-corrected chi connectivity index (χ2v) is 5.52. The Hall–Kier alpha value is -0.570. The van der Waals surface area contributed by atoms with E-state index in [9.17, 15) is 4.79 Å². The maximum atomic E-state index is 11.9. The summed E-state index contributed by atoms with van der Waals surface area (Å²) in [4.78, 5) is 11.9. The third-order valence-corrected chi connectivity index (χ3v) is 4.09. The summed E-state index contributed by atoms with van der Waals surface area (Å²) in [6.45, 7) is 2.26. The van der Waals surface area contributed by atoms with E-state index in [4.69, 9.17) is 4.74 Å². The molecular weight excluding hydrogens is 214 g/mol. The van der Waals surface area contributed by atoms with Gasteiger partial charge in [0, 0.05) is 13.2 Å². The predicted octanol–water partition coefficient (Wildman–Crippen LogP) is 2.50. The van der Waals surface area contributed by atoms with E-state index in [-0.39, 0.29) is 11.8 Å². The summed E-state index contributed by atoms with van der Waals surface area (Å²) in [5.41, 5.74) is 0. The van der Waals surface area contributed by atoms with E-state index in [2.05, 4.69) is 5.32 Å². The van der Waals surface area contributed by atoms with Crippen LogP contribution in [0.2, 0.25) is 0 Å². The molecule has 1 N–H and O–H groups in total. The molecule has 1 amide bonds. The highest BCUT2D eigenvalue weighted by Crippen LogP contribution is 2.22. The minimum atomic E-state index is 0.114. The molecule has 2 rings (SSSR count). The lowest BCUT2D eigenvalue weighted by molar-refractivity contribution is -0.125. The maximum Gasteiger partial charge on any atom is 0.225 e. The average molecular weight is 239 g/mol. The van der Waals surface area contributed by atoms with Gasteiger partial charge in [-0.05, 0) is 25.2 Å².